The monoisotopic (exact) mass is 310 g/mol. The van der Waals surface area contributed by atoms with Gasteiger partial charge in [-0.15, -0.1) is 0 Å². The van der Waals surface area contributed by atoms with Crippen molar-refractivity contribution in [1.29, 1.82) is 0 Å². The van der Waals surface area contributed by atoms with E-state index in [1.807, 2.05) is 18.2 Å². The van der Waals surface area contributed by atoms with Crippen molar-refractivity contribution >= 4 is 22.7 Å². The Hall–Kier alpha value is -2.88. The van der Waals surface area contributed by atoms with Gasteiger partial charge in [-0.25, -0.2) is 9.59 Å². The van der Waals surface area contributed by atoms with E-state index in [1.54, 1.807) is 32.9 Å². The molecule has 0 aliphatic heterocycles. The fraction of sp³-hybridized carbons (Fsp3) is 0.158. The molecule has 23 heavy (non-hydrogen) atoms. The summed E-state index contributed by atoms with van der Waals surface area (Å²) in [4.78, 5) is 23.6. The lowest BCUT2D eigenvalue weighted by molar-refractivity contribution is -0.131. The highest BCUT2D eigenvalue weighted by atomic mass is 16.5. The third-order valence-corrected chi connectivity index (χ3v) is 3.24. The van der Waals surface area contributed by atoms with Gasteiger partial charge < -0.3 is 9.47 Å². The SMILES string of the molecule is C=C(C)C(=O)Oc1cc(C)c(OC(=O)C(=C)C)c2ccccc12. The van der Waals surface area contributed by atoms with Crippen LogP contribution in [0.2, 0.25) is 0 Å². The van der Waals surface area contributed by atoms with Gasteiger partial charge in [0, 0.05) is 21.9 Å². The molecule has 0 spiro atoms. The lowest BCUT2D eigenvalue weighted by Gasteiger charge is -2.14. The molecule has 0 heterocycles. The van der Waals surface area contributed by atoms with Gasteiger partial charge in [0.1, 0.15) is 11.5 Å². The largest absolute Gasteiger partial charge is 0.423 e. The maximum atomic E-state index is 11.8. The second kappa shape index (κ2) is 6.48. The van der Waals surface area contributed by atoms with Gasteiger partial charge in [-0.3, -0.25) is 0 Å². The van der Waals surface area contributed by atoms with Gasteiger partial charge >= 0.3 is 11.9 Å². The van der Waals surface area contributed by atoms with Crippen LogP contribution in [0.1, 0.15) is 19.4 Å². The highest BCUT2D eigenvalue weighted by Gasteiger charge is 2.17. The zero-order valence-corrected chi connectivity index (χ0v) is 13.4. The van der Waals surface area contributed by atoms with E-state index in [2.05, 4.69) is 13.2 Å². The maximum absolute atomic E-state index is 11.8. The van der Waals surface area contributed by atoms with Gasteiger partial charge in [-0.2, -0.15) is 0 Å². The van der Waals surface area contributed by atoms with Gasteiger partial charge in [-0.05, 0) is 32.4 Å². The summed E-state index contributed by atoms with van der Waals surface area (Å²) in [7, 11) is 0. The zero-order valence-electron chi connectivity index (χ0n) is 13.4. The predicted octanol–water partition coefficient (Wildman–Crippen LogP) is 4.11. The molecule has 0 fully saturated rings. The Balaban J connectivity index is 2.58. The van der Waals surface area contributed by atoms with E-state index in [9.17, 15) is 9.59 Å². The van der Waals surface area contributed by atoms with Crippen molar-refractivity contribution < 1.29 is 19.1 Å². The number of benzene rings is 2. The van der Waals surface area contributed by atoms with Crippen LogP contribution in [0.15, 0.2) is 54.6 Å². The Labute approximate surface area is 135 Å². The minimum atomic E-state index is -0.499. The number of hydrogen-bond donors (Lipinski definition) is 0. The number of fused-ring (bicyclic) bond motifs is 1. The molecule has 4 heteroatoms. The molecule has 0 aliphatic rings. The summed E-state index contributed by atoms with van der Waals surface area (Å²) >= 11 is 0. The molecule has 2 aromatic carbocycles. The van der Waals surface area contributed by atoms with Crippen LogP contribution in [0.4, 0.5) is 0 Å². The molecule has 4 nitrogen and oxygen atoms in total. The number of rotatable bonds is 4. The molecular formula is C19H18O4. The zero-order chi connectivity index (χ0) is 17.1. The van der Waals surface area contributed by atoms with Crippen LogP contribution in [-0.2, 0) is 9.59 Å². The van der Waals surface area contributed by atoms with Gasteiger partial charge in [0.05, 0.1) is 0 Å². The summed E-state index contributed by atoms with van der Waals surface area (Å²) in [6, 6.07) is 8.92. The molecule has 2 aromatic rings. The van der Waals surface area contributed by atoms with Crippen molar-refractivity contribution in [1.82, 2.24) is 0 Å². The summed E-state index contributed by atoms with van der Waals surface area (Å²) in [6.07, 6.45) is 0. The molecule has 0 atom stereocenters. The van der Waals surface area contributed by atoms with E-state index in [4.69, 9.17) is 9.47 Å². The van der Waals surface area contributed by atoms with Crippen LogP contribution in [0.3, 0.4) is 0 Å². The van der Waals surface area contributed by atoms with E-state index in [1.165, 1.54) is 0 Å². The molecule has 2 rings (SSSR count). The molecule has 0 aromatic heterocycles. The van der Waals surface area contributed by atoms with Crippen LogP contribution in [0.25, 0.3) is 10.8 Å². The van der Waals surface area contributed by atoms with Gasteiger partial charge in [0.25, 0.3) is 0 Å². The van der Waals surface area contributed by atoms with Crippen LogP contribution in [0.5, 0.6) is 11.5 Å². The molecule has 0 saturated carbocycles. The first-order valence-corrected chi connectivity index (χ1v) is 7.09. The molecule has 0 saturated heterocycles. The van der Waals surface area contributed by atoms with Crippen LogP contribution >= 0.6 is 0 Å². The third-order valence-electron chi connectivity index (χ3n) is 3.24. The average molecular weight is 310 g/mol. The smallest absolute Gasteiger partial charge is 0.338 e. The average Bonchev–Trinajstić information content (AvgIpc) is 2.50. The van der Waals surface area contributed by atoms with Crippen molar-refractivity contribution in [3.05, 3.63) is 60.2 Å². The van der Waals surface area contributed by atoms with Crippen molar-refractivity contribution in [3.8, 4) is 11.5 Å². The lowest BCUT2D eigenvalue weighted by atomic mass is 10.0. The summed E-state index contributed by atoms with van der Waals surface area (Å²) in [5.41, 5.74) is 1.30. The van der Waals surface area contributed by atoms with Crippen molar-refractivity contribution in [3.63, 3.8) is 0 Å². The van der Waals surface area contributed by atoms with Crippen molar-refractivity contribution in [2.45, 2.75) is 20.8 Å². The second-order valence-electron chi connectivity index (χ2n) is 5.41. The second-order valence-corrected chi connectivity index (χ2v) is 5.41. The van der Waals surface area contributed by atoms with Crippen molar-refractivity contribution in [2.24, 2.45) is 0 Å². The molecular weight excluding hydrogens is 292 g/mol. The molecule has 0 N–H and O–H groups in total. The minimum absolute atomic E-state index is 0.310. The normalized spacial score (nSPS) is 10.2. The first-order chi connectivity index (χ1) is 10.8. The van der Waals surface area contributed by atoms with Gasteiger partial charge in [0.15, 0.2) is 0 Å². The number of aryl methyl sites for hydroxylation is 1. The Kier molecular flexibility index (Phi) is 4.65. The Bertz CT molecular complexity index is 831. The Morgan fingerprint density at radius 2 is 1.43 bits per heavy atom. The summed E-state index contributed by atoms with van der Waals surface area (Å²) < 4.78 is 10.8. The van der Waals surface area contributed by atoms with E-state index in [-0.39, 0.29) is 0 Å². The maximum Gasteiger partial charge on any atom is 0.338 e. The number of hydrogen-bond acceptors (Lipinski definition) is 4. The number of esters is 2. The molecule has 0 radical (unpaired) electrons. The van der Waals surface area contributed by atoms with E-state index >= 15 is 0 Å². The van der Waals surface area contributed by atoms with Gasteiger partial charge in [-0.1, -0.05) is 37.4 Å². The summed E-state index contributed by atoms with van der Waals surface area (Å²) in [6.45, 7) is 12.1. The van der Waals surface area contributed by atoms with Crippen LogP contribution in [-0.4, -0.2) is 11.9 Å². The lowest BCUT2D eigenvalue weighted by Crippen LogP contribution is -2.11. The van der Waals surface area contributed by atoms with Crippen LogP contribution < -0.4 is 9.47 Å². The molecule has 0 unspecified atom stereocenters. The summed E-state index contributed by atoms with van der Waals surface area (Å²) in [5, 5.41) is 1.36. The molecule has 118 valence electrons. The quantitative estimate of drug-likeness (QED) is 0.484. The van der Waals surface area contributed by atoms with E-state index in [0.717, 1.165) is 0 Å². The third kappa shape index (κ3) is 3.48. The standard InChI is InChI=1S/C19H18O4/c1-11(2)18(20)22-16-10-13(5)17(23-19(21)12(3)4)15-9-7-6-8-14(15)16/h6-10H,1,3H2,2,4-5H3. The fourth-order valence-corrected chi connectivity index (χ4v) is 2.04. The van der Waals surface area contributed by atoms with Crippen LogP contribution in [0, 0.1) is 6.92 Å². The van der Waals surface area contributed by atoms with E-state index < -0.39 is 11.9 Å². The highest BCUT2D eigenvalue weighted by molar-refractivity contribution is 6.00. The molecule has 0 amide bonds. The van der Waals surface area contributed by atoms with Crippen molar-refractivity contribution in [2.75, 3.05) is 0 Å². The fourth-order valence-electron chi connectivity index (χ4n) is 2.04. The highest BCUT2D eigenvalue weighted by Crippen LogP contribution is 2.37. The van der Waals surface area contributed by atoms with E-state index in [0.29, 0.717) is 39.0 Å². The Morgan fingerprint density at radius 1 is 0.913 bits per heavy atom. The Morgan fingerprint density at radius 3 is 2.00 bits per heavy atom. The topological polar surface area (TPSA) is 52.6 Å². The molecule has 0 bridgehead atoms. The predicted molar refractivity (Wildman–Crippen MR) is 89.6 cm³/mol. The minimum Gasteiger partial charge on any atom is -0.423 e. The number of carbonyl (C=O) groups is 2. The molecule has 0 aliphatic carbocycles. The summed E-state index contributed by atoms with van der Waals surface area (Å²) in [5.74, 6) is -0.156. The van der Waals surface area contributed by atoms with Gasteiger partial charge in [0.2, 0.25) is 0 Å². The number of ether oxygens (including phenoxy) is 2. The number of carbonyl (C=O) groups excluding carboxylic acids is 2. The first kappa shape index (κ1) is 16.5. The first-order valence-electron chi connectivity index (χ1n) is 7.09.